The number of rotatable bonds is 6. The molecule has 1 amide bonds. The maximum absolute atomic E-state index is 11.3. The number of nitrogens with one attached hydrogen (secondary N) is 2. The number of carbonyl (C=O) groups is 2. The van der Waals surface area contributed by atoms with E-state index in [0.717, 1.165) is 6.42 Å². The summed E-state index contributed by atoms with van der Waals surface area (Å²) in [6.07, 6.45) is 0.874. The Bertz CT molecular complexity index is 407. The van der Waals surface area contributed by atoms with Gasteiger partial charge >= 0.3 is 5.97 Å². The zero-order valence-corrected chi connectivity index (χ0v) is 9.56. The fourth-order valence-corrected chi connectivity index (χ4v) is 1.15. The van der Waals surface area contributed by atoms with Crippen molar-refractivity contribution in [3.05, 3.63) is 23.9 Å². The lowest BCUT2D eigenvalue weighted by atomic mass is 10.3. The van der Waals surface area contributed by atoms with Crippen LogP contribution in [0, 0.1) is 0 Å². The normalized spacial score (nSPS) is 9.71. The molecule has 0 bridgehead atoms. The molecule has 0 unspecified atom stereocenters. The highest BCUT2D eigenvalue weighted by Gasteiger charge is 2.05. The first kappa shape index (κ1) is 13.0. The number of amides is 1. The Kier molecular flexibility index (Phi) is 4.93. The molecule has 0 saturated carbocycles. The summed E-state index contributed by atoms with van der Waals surface area (Å²) in [5.74, 6) is -0.866. The number of carbonyl (C=O) groups excluding carboxylic acids is 1. The van der Waals surface area contributed by atoms with Crippen molar-refractivity contribution < 1.29 is 14.7 Å². The SMILES string of the molecule is CCCNC(=O)CNc1cccc(C(=O)O)n1. The fraction of sp³-hybridized carbons (Fsp3) is 0.364. The van der Waals surface area contributed by atoms with Crippen molar-refractivity contribution >= 4 is 17.7 Å². The molecule has 0 saturated heterocycles. The van der Waals surface area contributed by atoms with E-state index in [1.165, 1.54) is 6.07 Å². The highest BCUT2D eigenvalue weighted by atomic mass is 16.4. The second-order valence-electron chi connectivity index (χ2n) is 3.42. The predicted octanol–water partition coefficient (Wildman–Crippen LogP) is 0.718. The second-order valence-corrected chi connectivity index (χ2v) is 3.42. The van der Waals surface area contributed by atoms with E-state index < -0.39 is 5.97 Å². The Hall–Kier alpha value is -2.11. The molecule has 0 spiro atoms. The van der Waals surface area contributed by atoms with Crippen LogP contribution in [-0.4, -0.2) is 35.1 Å². The highest BCUT2D eigenvalue weighted by Crippen LogP contribution is 2.04. The van der Waals surface area contributed by atoms with Gasteiger partial charge in [0.15, 0.2) is 5.69 Å². The van der Waals surface area contributed by atoms with Gasteiger partial charge in [-0.15, -0.1) is 0 Å². The molecule has 0 aliphatic heterocycles. The summed E-state index contributed by atoms with van der Waals surface area (Å²) in [7, 11) is 0. The lowest BCUT2D eigenvalue weighted by Gasteiger charge is -2.06. The average Bonchev–Trinajstić information content (AvgIpc) is 2.34. The van der Waals surface area contributed by atoms with Crippen LogP contribution in [0.1, 0.15) is 23.8 Å². The Morgan fingerprint density at radius 1 is 1.41 bits per heavy atom. The standard InChI is InChI=1S/C11H15N3O3/c1-2-6-12-10(15)7-13-9-5-3-4-8(14-9)11(16)17/h3-5H,2,6-7H2,1H3,(H,12,15)(H,13,14)(H,16,17). The lowest BCUT2D eigenvalue weighted by molar-refractivity contribution is -0.119. The van der Waals surface area contributed by atoms with Crippen LogP contribution in [0.3, 0.4) is 0 Å². The molecule has 1 rings (SSSR count). The molecule has 0 fully saturated rings. The van der Waals surface area contributed by atoms with Gasteiger partial charge in [-0.25, -0.2) is 9.78 Å². The van der Waals surface area contributed by atoms with Crippen molar-refractivity contribution in [2.45, 2.75) is 13.3 Å². The van der Waals surface area contributed by atoms with Crippen LogP contribution in [0.15, 0.2) is 18.2 Å². The van der Waals surface area contributed by atoms with E-state index in [0.29, 0.717) is 12.4 Å². The minimum atomic E-state index is -1.09. The molecule has 0 aromatic carbocycles. The van der Waals surface area contributed by atoms with Gasteiger partial charge in [-0.05, 0) is 18.6 Å². The Morgan fingerprint density at radius 3 is 2.82 bits per heavy atom. The number of nitrogens with zero attached hydrogens (tertiary/aromatic N) is 1. The fourth-order valence-electron chi connectivity index (χ4n) is 1.15. The first-order valence-corrected chi connectivity index (χ1v) is 5.34. The topological polar surface area (TPSA) is 91.3 Å². The monoisotopic (exact) mass is 237 g/mol. The van der Waals surface area contributed by atoms with Crippen molar-refractivity contribution in [1.82, 2.24) is 10.3 Å². The van der Waals surface area contributed by atoms with E-state index >= 15 is 0 Å². The van der Waals surface area contributed by atoms with Gasteiger partial charge in [0.25, 0.3) is 0 Å². The number of pyridine rings is 1. The maximum atomic E-state index is 11.3. The number of hydrogen-bond acceptors (Lipinski definition) is 4. The quantitative estimate of drug-likeness (QED) is 0.678. The van der Waals surface area contributed by atoms with Gasteiger partial charge in [-0.2, -0.15) is 0 Å². The zero-order chi connectivity index (χ0) is 12.7. The first-order valence-electron chi connectivity index (χ1n) is 5.34. The van der Waals surface area contributed by atoms with Crippen LogP contribution < -0.4 is 10.6 Å². The van der Waals surface area contributed by atoms with Crippen LogP contribution in [0.25, 0.3) is 0 Å². The minimum absolute atomic E-state index is 0.0519. The molecule has 3 N–H and O–H groups in total. The molecule has 0 aliphatic rings. The molecule has 6 nitrogen and oxygen atoms in total. The van der Waals surface area contributed by atoms with Gasteiger partial charge < -0.3 is 15.7 Å². The number of aromatic carboxylic acids is 1. The van der Waals surface area contributed by atoms with Gasteiger partial charge in [0, 0.05) is 6.54 Å². The van der Waals surface area contributed by atoms with Crippen LogP contribution in [0.5, 0.6) is 0 Å². The van der Waals surface area contributed by atoms with Crippen LogP contribution in [0.2, 0.25) is 0 Å². The molecular formula is C11H15N3O3. The average molecular weight is 237 g/mol. The highest BCUT2D eigenvalue weighted by molar-refractivity contribution is 5.86. The summed E-state index contributed by atoms with van der Waals surface area (Å²) in [5.41, 5.74) is -0.0519. The molecule has 17 heavy (non-hydrogen) atoms. The molecule has 1 aromatic heterocycles. The molecule has 0 atom stereocenters. The Morgan fingerprint density at radius 2 is 2.18 bits per heavy atom. The summed E-state index contributed by atoms with van der Waals surface area (Å²) in [6, 6.07) is 4.58. The molecule has 0 aliphatic carbocycles. The van der Waals surface area contributed by atoms with E-state index in [2.05, 4.69) is 15.6 Å². The van der Waals surface area contributed by atoms with E-state index in [1.807, 2.05) is 6.92 Å². The smallest absolute Gasteiger partial charge is 0.354 e. The third-order valence-electron chi connectivity index (χ3n) is 1.97. The summed E-state index contributed by atoms with van der Waals surface area (Å²) in [5, 5.41) is 14.2. The van der Waals surface area contributed by atoms with Crippen molar-refractivity contribution in [3.8, 4) is 0 Å². The third-order valence-corrected chi connectivity index (χ3v) is 1.97. The molecule has 0 radical (unpaired) electrons. The third kappa shape index (κ3) is 4.50. The van der Waals surface area contributed by atoms with E-state index in [4.69, 9.17) is 5.11 Å². The summed E-state index contributed by atoms with van der Waals surface area (Å²) >= 11 is 0. The van der Waals surface area contributed by atoms with Crippen molar-refractivity contribution in [2.24, 2.45) is 0 Å². The predicted molar refractivity (Wildman–Crippen MR) is 63.0 cm³/mol. The van der Waals surface area contributed by atoms with E-state index in [-0.39, 0.29) is 18.1 Å². The van der Waals surface area contributed by atoms with Crippen molar-refractivity contribution in [3.63, 3.8) is 0 Å². The summed E-state index contributed by atoms with van der Waals surface area (Å²) < 4.78 is 0. The largest absolute Gasteiger partial charge is 0.477 e. The molecule has 92 valence electrons. The summed E-state index contributed by atoms with van der Waals surface area (Å²) in [6.45, 7) is 2.67. The van der Waals surface area contributed by atoms with Gasteiger partial charge in [0.05, 0.1) is 6.54 Å². The number of carboxylic acid groups (broad SMARTS) is 1. The van der Waals surface area contributed by atoms with Gasteiger partial charge in [0.2, 0.25) is 5.91 Å². The minimum Gasteiger partial charge on any atom is -0.477 e. The first-order chi connectivity index (χ1) is 8.13. The van der Waals surface area contributed by atoms with Crippen molar-refractivity contribution in [2.75, 3.05) is 18.4 Å². The van der Waals surface area contributed by atoms with Crippen LogP contribution in [-0.2, 0) is 4.79 Å². The summed E-state index contributed by atoms with van der Waals surface area (Å²) in [4.78, 5) is 25.8. The van der Waals surface area contributed by atoms with Crippen LogP contribution >= 0.6 is 0 Å². The van der Waals surface area contributed by atoms with Gasteiger partial charge in [0.1, 0.15) is 5.82 Å². The van der Waals surface area contributed by atoms with Crippen LogP contribution in [0.4, 0.5) is 5.82 Å². The molecule has 1 aromatic rings. The Balaban J connectivity index is 2.49. The molecular weight excluding hydrogens is 222 g/mol. The van der Waals surface area contributed by atoms with E-state index in [1.54, 1.807) is 12.1 Å². The zero-order valence-electron chi connectivity index (χ0n) is 9.56. The van der Waals surface area contributed by atoms with Crippen molar-refractivity contribution in [1.29, 1.82) is 0 Å². The number of aromatic nitrogens is 1. The van der Waals surface area contributed by atoms with Gasteiger partial charge in [-0.3, -0.25) is 4.79 Å². The lowest BCUT2D eigenvalue weighted by Crippen LogP contribution is -2.30. The van der Waals surface area contributed by atoms with Gasteiger partial charge in [-0.1, -0.05) is 13.0 Å². The van der Waals surface area contributed by atoms with E-state index in [9.17, 15) is 9.59 Å². The maximum Gasteiger partial charge on any atom is 0.354 e. The molecule has 6 heteroatoms. The second kappa shape index (κ2) is 6.47. The Labute approximate surface area is 99.1 Å². The number of anilines is 1. The number of carboxylic acids is 1. The number of hydrogen-bond donors (Lipinski definition) is 3. The molecule has 1 heterocycles.